The second-order valence-corrected chi connectivity index (χ2v) is 11.5. The number of hydrogen-bond donors (Lipinski definition) is 0. The Morgan fingerprint density at radius 1 is 0.568 bits per heavy atom. The van der Waals surface area contributed by atoms with Gasteiger partial charge in [-0.25, -0.2) is 9.37 Å². The number of para-hydroxylation sites is 1. The Bertz CT molecular complexity index is 2470. The summed E-state index contributed by atoms with van der Waals surface area (Å²) in [6.07, 6.45) is 7.25. The first kappa shape index (κ1) is 24.9. The van der Waals surface area contributed by atoms with Crippen molar-refractivity contribution in [2.24, 2.45) is 0 Å². The van der Waals surface area contributed by atoms with Gasteiger partial charge in [0, 0.05) is 17.1 Å². The minimum Gasteiger partial charge on any atom is -0.254 e. The Hall–Kier alpha value is -5.67. The third kappa shape index (κ3) is 3.86. The van der Waals surface area contributed by atoms with Crippen LogP contribution in [0, 0.1) is 5.82 Å². The smallest absolute Gasteiger partial charge is 0.149 e. The molecule has 0 fully saturated rings. The standard InChI is InChI=1S/C41H25FN2/c42-37-17-7-16-34-36(30-20-27-11-5-9-25-10-6-12-28(21-30)40(25)27)23-39(44-41(34)37)38-19-18-29(24-43-38)35-22-26-8-1-2-13-31(26)32-14-3-4-15-33(32)35/h1-9,11-24H,10H2. The van der Waals surface area contributed by atoms with E-state index in [-0.39, 0.29) is 5.82 Å². The van der Waals surface area contributed by atoms with E-state index in [2.05, 4.69) is 109 Å². The van der Waals surface area contributed by atoms with Crippen molar-refractivity contribution in [2.45, 2.75) is 6.42 Å². The third-order valence-electron chi connectivity index (χ3n) is 8.94. The lowest BCUT2D eigenvalue weighted by molar-refractivity contribution is 0.637. The fraction of sp³-hybridized carbons (Fsp3) is 0.0244. The monoisotopic (exact) mass is 564 g/mol. The number of allylic oxidation sites excluding steroid dienone is 1. The summed E-state index contributed by atoms with van der Waals surface area (Å²) in [5.41, 5.74) is 8.36. The van der Waals surface area contributed by atoms with Gasteiger partial charge in [-0.15, -0.1) is 0 Å². The second-order valence-electron chi connectivity index (χ2n) is 11.5. The number of benzene rings is 6. The van der Waals surface area contributed by atoms with E-state index < -0.39 is 0 Å². The van der Waals surface area contributed by atoms with Crippen LogP contribution in [0.2, 0.25) is 0 Å². The molecule has 0 N–H and O–H groups in total. The van der Waals surface area contributed by atoms with Crippen molar-refractivity contribution < 1.29 is 4.39 Å². The van der Waals surface area contributed by atoms with Gasteiger partial charge in [-0.05, 0) is 103 Å². The number of aromatic nitrogens is 2. The zero-order valence-electron chi connectivity index (χ0n) is 23.8. The molecule has 1 aliphatic rings. The fourth-order valence-electron chi connectivity index (χ4n) is 6.89. The molecule has 1 aliphatic carbocycles. The highest BCUT2D eigenvalue weighted by Gasteiger charge is 2.17. The predicted molar refractivity (Wildman–Crippen MR) is 181 cm³/mol. The number of nitrogens with zero attached hydrogens (tertiary/aromatic N) is 2. The number of fused-ring (bicyclic) bond motifs is 4. The first-order valence-electron chi connectivity index (χ1n) is 14.9. The van der Waals surface area contributed by atoms with Crippen molar-refractivity contribution in [2.75, 3.05) is 0 Å². The van der Waals surface area contributed by atoms with Crippen molar-refractivity contribution in [3.8, 4) is 33.6 Å². The van der Waals surface area contributed by atoms with E-state index in [1.54, 1.807) is 6.07 Å². The molecule has 44 heavy (non-hydrogen) atoms. The summed E-state index contributed by atoms with van der Waals surface area (Å²) in [5, 5.41) is 8.10. The molecule has 3 heteroatoms. The molecule has 0 unspecified atom stereocenters. The van der Waals surface area contributed by atoms with Crippen LogP contribution in [0.5, 0.6) is 0 Å². The van der Waals surface area contributed by atoms with E-state index in [0.717, 1.165) is 34.1 Å². The zero-order chi connectivity index (χ0) is 29.2. The highest BCUT2D eigenvalue weighted by atomic mass is 19.1. The molecule has 0 saturated heterocycles. The van der Waals surface area contributed by atoms with Gasteiger partial charge in [0.05, 0.1) is 11.4 Å². The normalized spacial score (nSPS) is 12.5. The lowest BCUT2D eigenvalue weighted by Gasteiger charge is -2.16. The van der Waals surface area contributed by atoms with Gasteiger partial charge in [-0.3, -0.25) is 4.98 Å². The zero-order valence-corrected chi connectivity index (χ0v) is 23.8. The van der Waals surface area contributed by atoms with E-state index in [4.69, 9.17) is 9.97 Å². The molecule has 2 aromatic heterocycles. The van der Waals surface area contributed by atoms with Crippen LogP contribution in [0.1, 0.15) is 11.1 Å². The van der Waals surface area contributed by atoms with Crippen LogP contribution in [-0.2, 0) is 6.42 Å². The minimum absolute atomic E-state index is 0.339. The van der Waals surface area contributed by atoms with Gasteiger partial charge in [0.25, 0.3) is 0 Å². The van der Waals surface area contributed by atoms with Gasteiger partial charge in [0.15, 0.2) is 0 Å². The molecule has 0 radical (unpaired) electrons. The molecule has 2 nitrogen and oxygen atoms in total. The maximum atomic E-state index is 15.3. The maximum absolute atomic E-state index is 15.3. The molecular formula is C41H25FN2. The highest BCUT2D eigenvalue weighted by molar-refractivity contribution is 6.13. The van der Waals surface area contributed by atoms with Crippen LogP contribution in [-0.4, -0.2) is 9.97 Å². The second kappa shape index (κ2) is 9.68. The summed E-state index contributed by atoms with van der Waals surface area (Å²) in [7, 11) is 0. The SMILES string of the molecule is Fc1cccc2c(-c3cc4c5c(cccc5c3)CC=C4)cc(-c3ccc(-c4cc5ccccc5c5ccccc45)cn3)nc12. The molecule has 6 aromatic carbocycles. The summed E-state index contributed by atoms with van der Waals surface area (Å²) in [5.74, 6) is -0.339. The minimum atomic E-state index is -0.339. The molecule has 0 bridgehead atoms. The van der Waals surface area contributed by atoms with Crippen molar-refractivity contribution in [3.05, 3.63) is 151 Å². The van der Waals surface area contributed by atoms with Crippen LogP contribution in [0.25, 0.3) is 82.9 Å². The topological polar surface area (TPSA) is 25.8 Å². The summed E-state index contributed by atoms with van der Waals surface area (Å²) < 4.78 is 15.3. The van der Waals surface area contributed by atoms with E-state index in [1.165, 1.54) is 49.5 Å². The van der Waals surface area contributed by atoms with E-state index in [1.807, 2.05) is 18.3 Å². The lowest BCUT2D eigenvalue weighted by Crippen LogP contribution is -1.96. The lowest BCUT2D eigenvalue weighted by atomic mass is 9.89. The molecule has 0 spiro atoms. The van der Waals surface area contributed by atoms with Crippen LogP contribution < -0.4 is 0 Å². The van der Waals surface area contributed by atoms with E-state index >= 15 is 4.39 Å². The molecule has 0 atom stereocenters. The Balaban J connectivity index is 1.21. The summed E-state index contributed by atoms with van der Waals surface area (Å²) >= 11 is 0. The molecular weight excluding hydrogens is 539 g/mol. The predicted octanol–water partition coefficient (Wildman–Crippen LogP) is 10.8. The van der Waals surface area contributed by atoms with E-state index in [9.17, 15) is 0 Å². The average Bonchev–Trinajstić information content (AvgIpc) is 3.08. The van der Waals surface area contributed by atoms with Crippen molar-refractivity contribution in [1.29, 1.82) is 0 Å². The first-order valence-corrected chi connectivity index (χ1v) is 14.9. The number of pyridine rings is 2. The molecule has 0 saturated carbocycles. The van der Waals surface area contributed by atoms with Gasteiger partial charge in [-0.1, -0.05) is 97.1 Å². The van der Waals surface area contributed by atoms with Crippen LogP contribution in [0.3, 0.4) is 0 Å². The van der Waals surface area contributed by atoms with Crippen molar-refractivity contribution >= 4 is 49.3 Å². The number of hydrogen-bond acceptors (Lipinski definition) is 2. The Morgan fingerprint density at radius 2 is 1.34 bits per heavy atom. The van der Waals surface area contributed by atoms with Crippen LogP contribution in [0.15, 0.2) is 134 Å². The quantitative estimate of drug-likeness (QED) is 0.200. The van der Waals surface area contributed by atoms with Gasteiger partial charge < -0.3 is 0 Å². The Morgan fingerprint density at radius 3 is 2.23 bits per heavy atom. The molecule has 0 amide bonds. The van der Waals surface area contributed by atoms with E-state index in [0.29, 0.717) is 16.9 Å². The Labute approximate surface area is 253 Å². The average molecular weight is 565 g/mol. The van der Waals surface area contributed by atoms with Crippen molar-refractivity contribution in [3.63, 3.8) is 0 Å². The first-order chi connectivity index (χ1) is 21.7. The molecule has 0 aliphatic heterocycles. The summed E-state index contributed by atoms with van der Waals surface area (Å²) in [4.78, 5) is 9.69. The molecule has 9 rings (SSSR count). The van der Waals surface area contributed by atoms with Crippen molar-refractivity contribution in [1.82, 2.24) is 9.97 Å². The largest absolute Gasteiger partial charge is 0.254 e. The molecule has 206 valence electrons. The fourth-order valence-corrected chi connectivity index (χ4v) is 6.89. The van der Waals surface area contributed by atoms with Gasteiger partial charge in [0.1, 0.15) is 11.3 Å². The maximum Gasteiger partial charge on any atom is 0.149 e. The number of rotatable bonds is 3. The molecule has 2 heterocycles. The summed E-state index contributed by atoms with van der Waals surface area (Å²) in [6, 6.07) is 41.5. The van der Waals surface area contributed by atoms with Gasteiger partial charge in [-0.2, -0.15) is 0 Å². The van der Waals surface area contributed by atoms with Gasteiger partial charge >= 0.3 is 0 Å². The molecule has 8 aromatic rings. The number of halogens is 1. The highest BCUT2D eigenvalue weighted by Crippen LogP contribution is 2.39. The van der Waals surface area contributed by atoms with Gasteiger partial charge in [0.2, 0.25) is 0 Å². The Kier molecular flexibility index (Phi) is 5.48. The van der Waals surface area contributed by atoms with Crippen LogP contribution >= 0.6 is 0 Å². The van der Waals surface area contributed by atoms with Crippen LogP contribution in [0.4, 0.5) is 4.39 Å². The summed E-state index contributed by atoms with van der Waals surface area (Å²) in [6.45, 7) is 0. The third-order valence-corrected chi connectivity index (χ3v) is 8.94.